The minimum Gasteiger partial charge on any atom is -0.472 e. The van der Waals surface area contributed by atoms with Crippen molar-refractivity contribution in [1.29, 1.82) is 0 Å². The van der Waals surface area contributed by atoms with Gasteiger partial charge in [-0.05, 0) is 74.5 Å². The van der Waals surface area contributed by atoms with E-state index in [1.807, 2.05) is 0 Å². The van der Waals surface area contributed by atoms with Crippen LogP contribution in [0.3, 0.4) is 0 Å². The van der Waals surface area contributed by atoms with Crippen LogP contribution in [0.2, 0.25) is 0 Å². The average molecular weight is 358 g/mol. The molecule has 4 aliphatic rings. The fourth-order valence-electron chi connectivity index (χ4n) is 7.02. The minimum atomic E-state index is -1.19. The van der Waals surface area contributed by atoms with E-state index in [2.05, 4.69) is 31.8 Å². The van der Waals surface area contributed by atoms with Crippen LogP contribution < -0.4 is 0 Å². The Morgan fingerprint density at radius 1 is 1.15 bits per heavy atom. The monoisotopic (exact) mass is 358 g/mol. The van der Waals surface area contributed by atoms with E-state index in [0.29, 0.717) is 24.2 Å². The van der Waals surface area contributed by atoms with Gasteiger partial charge in [-0.3, -0.25) is 0 Å². The molecule has 7 atom stereocenters. The number of hydrogen-bond donors (Lipinski definition) is 3. The maximum absolute atomic E-state index is 11.2. The number of aliphatic hydroxyl groups is 2. The van der Waals surface area contributed by atoms with E-state index in [0.717, 1.165) is 44.9 Å². The van der Waals surface area contributed by atoms with Gasteiger partial charge in [0, 0.05) is 11.3 Å². The standard InChI is InChI=1S/C22H30O4/c1-20-9-5-15(23)13-14(20)3-4-16-17(20)6-10-21(2)18(16)7-11-22(21,26)12-8-19(24)25/h3,15-18,23,26H,4-7,9-11,13H2,1-2H3,(H,24,25)/t15-,16+,17-,18+,20-,21+,22+/m0/s1. The molecule has 3 N–H and O–H groups in total. The number of fused-ring (bicyclic) bond motifs is 5. The van der Waals surface area contributed by atoms with Crippen LogP contribution in [0.25, 0.3) is 0 Å². The Morgan fingerprint density at radius 2 is 1.88 bits per heavy atom. The first-order valence-corrected chi connectivity index (χ1v) is 10.1. The lowest BCUT2D eigenvalue weighted by atomic mass is 9.47. The lowest BCUT2D eigenvalue weighted by Gasteiger charge is -2.58. The number of allylic oxidation sites excluding steroid dienone is 1. The summed E-state index contributed by atoms with van der Waals surface area (Å²) >= 11 is 0. The van der Waals surface area contributed by atoms with Crippen LogP contribution in [0.4, 0.5) is 0 Å². The van der Waals surface area contributed by atoms with Crippen LogP contribution in [-0.2, 0) is 4.79 Å². The van der Waals surface area contributed by atoms with Gasteiger partial charge in [-0.1, -0.05) is 31.4 Å². The molecule has 0 bridgehead atoms. The van der Waals surface area contributed by atoms with Gasteiger partial charge in [-0.15, -0.1) is 0 Å². The first kappa shape index (κ1) is 18.1. The Kier molecular flexibility index (Phi) is 4.06. The predicted molar refractivity (Wildman–Crippen MR) is 98.1 cm³/mol. The van der Waals surface area contributed by atoms with Crippen LogP contribution in [0, 0.1) is 40.4 Å². The van der Waals surface area contributed by atoms with E-state index >= 15 is 0 Å². The van der Waals surface area contributed by atoms with E-state index < -0.39 is 11.6 Å². The minimum absolute atomic E-state index is 0.178. The summed E-state index contributed by atoms with van der Waals surface area (Å²) in [7, 11) is 0. The van der Waals surface area contributed by atoms with Crippen LogP contribution in [0.1, 0.15) is 65.2 Å². The van der Waals surface area contributed by atoms with Crippen molar-refractivity contribution in [3.8, 4) is 11.8 Å². The van der Waals surface area contributed by atoms with Crippen LogP contribution >= 0.6 is 0 Å². The summed E-state index contributed by atoms with van der Waals surface area (Å²) in [5, 5.41) is 30.2. The highest BCUT2D eigenvalue weighted by atomic mass is 16.4. The van der Waals surface area contributed by atoms with Gasteiger partial charge < -0.3 is 15.3 Å². The molecule has 3 fully saturated rings. The molecular formula is C22H30O4. The van der Waals surface area contributed by atoms with Crippen molar-refractivity contribution in [2.24, 2.45) is 28.6 Å². The first-order chi connectivity index (χ1) is 12.2. The van der Waals surface area contributed by atoms with Gasteiger partial charge >= 0.3 is 5.97 Å². The molecule has 4 aliphatic carbocycles. The number of aliphatic carboxylic acids is 1. The Labute approximate surface area is 155 Å². The van der Waals surface area contributed by atoms with Crippen LogP contribution in [0.5, 0.6) is 0 Å². The number of aliphatic hydroxyl groups excluding tert-OH is 1. The fourth-order valence-corrected chi connectivity index (χ4v) is 7.02. The number of carboxylic acids is 1. The number of carboxylic acid groups (broad SMARTS) is 1. The molecule has 4 nitrogen and oxygen atoms in total. The molecule has 0 radical (unpaired) electrons. The van der Waals surface area contributed by atoms with Crippen molar-refractivity contribution in [2.45, 2.75) is 76.9 Å². The molecule has 0 amide bonds. The van der Waals surface area contributed by atoms with E-state index in [-0.39, 0.29) is 16.9 Å². The van der Waals surface area contributed by atoms with Gasteiger partial charge in [0.25, 0.3) is 0 Å². The molecule has 0 aliphatic heterocycles. The third-order valence-corrected chi connectivity index (χ3v) is 8.61. The van der Waals surface area contributed by atoms with Gasteiger partial charge in [-0.2, -0.15) is 0 Å². The zero-order chi connectivity index (χ0) is 18.7. The van der Waals surface area contributed by atoms with E-state index in [1.165, 1.54) is 5.57 Å². The first-order valence-electron chi connectivity index (χ1n) is 10.1. The second-order valence-corrected chi connectivity index (χ2v) is 9.57. The molecule has 0 unspecified atom stereocenters. The molecule has 142 valence electrons. The predicted octanol–water partition coefficient (Wildman–Crippen LogP) is 3.13. The molecule has 3 saturated carbocycles. The Bertz CT molecular complexity index is 715. The Morgan fingerprint density at radius 3 is 2.62 bits per heavy atom. The number of carbonyl (C=O) groups is 1. The van der Waals surface area contributed by atoms with Gasteiger partial charge in [0.1, 0.15) is 5.60 Å². The SMILES string of the molecule is C[C@]12CC[C@H](O)CC1=CC[C@H]1[C@H]3CC[C@@](O)(C#CC(=O)O)[C@]3(C)CC[C@@H]12. The fraction of sp³-hybridized carbons (Fsp3) is 0.773. The van der Waals surface area contributed by atoms with E-state index in [1.54, 1.807) is 0 Å². The second-order valence-electron chi connectivity index (χ2n) is 9.57. The van der Waals surface area contributed by atoms with Crippen molar-refractivity contribution >= 4 is 5.97 Å². The molecule has 0 saturated heterocycles. The third kappa shape index (κ3) is 2.40. The quantitative estimate of drug-likeness (QED) is 0.459. The smallest absolute Gasteiger partial charge is 0.382 e. The third-order valence-electron chi connectivity index (χ3n) is 8.61. The average Bonchev–Trinajstić information content (AvgIpc) is 2.86. The molecule has 0 heterocycles. The molecule has 0 aromatic heterocycles. The highest BCUT2D eigenvalue weighted by Gasteiger charge is 2.63. The normalized spacial score (nSPS) is 49.8. The largest absolute Gasteiger partial charge is 0.472 e. The summed E-state index contributed by atoms with van der Waals surface area (Å²) in [5.41, 5.74) is 0.109. The van der Waals surface area contributed by atoms with Crippen molar-refractivity contribution < 1.29 is 20.1 Å². The molecular weight excluding hydrogens is 328 g/mol. The Balaban J connectivity index is 1.66. The van der Waals surface area contributed by atoms with Crippen LogP contribution in [-0.4, -0.2) is 33.0 Å². The van der Waals surface area contributed by atoms with Gasteiger partial charge in [0.2, 0.25) is 0 Å². The summed E-state index contributed by atoms with van der Waals surface area (Å²) in [6.07, 6.45) is 9.39. The van der Waals surface area contributed by atoms with Crippen LogP contribution in [0.15, 0.2) is 11.6 Å². The number of rotatable bonds is 0. The van der Waals surface area contributed by atoms with E-state index in [4.69, 9.17) is 5.11 Å². The maximum atomic E-state index is 11.2. The summed E-state index contributed by atoms with van der Waals surface area (Å²) in [6, 6.07) is 0. The lowest BCUT2D eigenvalue weighted by Crippen LogP contribution is -2.54. The lowest BCUT2D eigenvalue weighted by molar-refractivity contribution is -0.130. The summed E-state index contributed by atoms with van der Waals surface area (Å²) in [5.74, 6) is 5.26. The molecule has 0 aromatic carbocycles. The summed E-state index contributed by atoms with van der Waals surface area (Å²) < 4.78 is 0. The Hall–Kier alpha value is -1.31. The summed E-state index contributed by atoms with van der Waals surface area (Å²) in [6.45, 7) is 4.51. The van der Waals surface area contributed by atoms with Crippen molar-refractivity contribution in [3.63, 3.8) is 0 Å². The molecule has 26 heavy (non-hydrogen) atoms. The van der Waals surface area contributed by atoms with Crippen molar-refractivity contribution in [2.75, 3.05) is 0 Å². The molecule has 4 rings (SSSR count). The van der Waals surface area contributed by atoms with Gasteiger partial charge in [-0.25, -0.2) is 4.79 Å². The zero-order valence-corrected chi connectivity index (χ0v) is 15.8. The molecule has 4 heteroatoms. The maximum Gasteiger partial charge on any atom is 0.382 e. The highest BCUT2D eigenvalue weighted by molar-refractivity contribution is 5.86. The topological polar surface area (TPSA) is 77.8 Å². The number of hydrogen-bond acceptors (Lipinski definition) is 3. The molecule has 0 spiro atoms. The highest BCUT2D eigenvalue weighted by Crippen LogP contribution is 2.67. The van der Waals surface area contributed by atoms with Gasteiger partial charge in [0.15, 0.2) is 0 Å². The van der Waals surface area contributed by atoms with E-state index in [9.17, 15) is 15.0 Å². The molecule has 0 aromatic rings. The van der Waals surface area contributed by atoms with Crippen molar-refractivity contribution in [1.82, 2.24) is 0 Å². The van der Waals surface area contributed by atoms with Crippen molar-refractivity contribution in [3.05, 3.63) is 11.6 Å². The summed E-state index contributed by atoms with van der Waals surface area (Å²) in [4.78, 5) is 10.9. The second kappa shape index (κ2) is 5.84. The van der Waals surface area contributed by atoms with Gasteiger partial charge in [0.05, 0.1) is 6.10 Å². The zero-order valence-electron chi connectivity index (χ0n) is 15.8.